The number of rotatable bonds is 9. The average molecular weight is 321 g/mol. The van der Waals surface area contributed by atoms with Crippen LogP contribution in [0.25, 0.3) is 0 Å². The van der Waals surface area contributed by atoms with Crippen LogP contribution in [0, 0.1) is 5.92 Å². The van der Waals surface area contributed by atoms with E-state index in [1.54, 1.807) is 0 Å². The first-order valence-corrected chi connectivity index (χ1v) is 7.89. The van der Waals surface area contributed by atoms with Crippen LogP contribution in [0.4, 0.5) is 0 Å². The van der Waals surface area contributed by atoms with Crippen molar-refractivity contribution in [3.8, 4) is 0 Å². The Kier molecular flexibility index (Phi) is 8.29. The van der Waals surface area contributed by atoms with Gasteiger partial charge < -0.3 is 21.1 Å². The van der Waals surface area contributed by atoms with E-state index in [0.717, 1.165) is 11.1 Å². The summed E-state index contributed by atoms with van der Waals surface area (Å²) >= 11 is 0. The zero-order chi connectivity index (χ0) is 17.2. The summed E-state index contributed by atoms with van der Waals surface area (Å²) in [7, 11) is 0. The fourth-order valence-corrected chi connectivity index (χ4v) is 1.82. The number of carbonyl (C=O) groups is 2. The zero-order valence-electron chi connectivity index (χ0n) is 14.1. The van der Waals surface area contributed by atoms with Crippen molar-refractivity contribution in [1.82, 2.24) is 10.6 Å². The number of ether oxygens (including phenoxy) is 1. The van der Waals surface area contributed by atoms with Gasteiger partial charge >= 0.3 is 0 Å². The Balaban J connectivity index is 2.31. The van der Waals surface area contributed by atoms with Crippen LogP contribution < -0.4 is 16.4 Å². The van der Waals surface area contributed by atoms with Crippen molar-refractivity contribution in [2.45, 2.75) is 40.0 Å². The number of hydrogen-bond donors (Lipinski definition) is 3. The standard InChI is InChI=1S/C17H27N3O3/c1-4-23-11-14-7-5-13(6-8-14)9-19-15(21)10-20-17(22)16(18)12(2)3/h5-8,12,16H,4,9-11,18H2,1-3H3,(H,19,21)(H,20,22)/t16-/m0/s1. The van der Waals surface area contributed by atoms with Gasteiger partial charge in [0.1, 0.15) is 0 Å². The highest BCUT2D eigenvalue weighted by Gasteiger charge is 2.17. The summed E-state index contributed by atoms with van der Waals surface area (Å²) in [6.45, 7) is 7.30. The third-order valence-corrected chi connectivity index (χ3v) is 3.43. The van der Waals surface area contributed by atoms with Gasteiger partial charge in [-0.2, -0.15) is 0 Å². The molecule has 1 aromatic rings. The Bertz CT molecular complexity index is 500. The van der Waals surface area contributed by atoms with Crippen LogP contribution in [-0.4, -0.2) is 31.0 Å². The van der Waals surface area contributed by atoms with E-state index < -0.39 is 6.04 Å². The van der Waals surface area contributed by atoms with E-state index in [0.29, 0.717) is 19.8 Å². The van der Waals surface area contributed by atoms with Crippen LogP contribution >= 0.6 is 0 Å². The molecule has 0 spiro atoms. The molecule has 0 unspecified atom stereocenters. The molecule has 0 saturated carbocycles. The predicted octanol–water partition coefficient (Wildman–Crippen LogP) is 0.939. The largest absolute Gasteiger partial charge is 0.377 e. The van der Waals surface area contributed by atoms with Crippen LogP contribution in [0.15, 0.2) is 24.3 Å². The fourth-order valence-electron chi connectivity index (χ4n) is 1.82. The molecular weight excluding hydrogens is 294 g/mol. The number of carbonyl (C=O) groups excluding carboxylic acids is 2. The molecule has 0 bridgehead atoms. The van der Waals surface area contributed by atoms with E-state index in [1.165, 1.54) is 0 Å². The van der Waals surface area contributed by atoms with Crippen molar-refractivity contribution in [1.29, 1.82) is 0 Å². The Morgan fingerprint density at radius 3 is 2.30 bits per heavy atom. The minimum absolute atomic E-state index is 0.0354. The highest BCUT2D eigenvalue weighted by molar-refractivity contribution is 5.87. The van der Waals surface area contributed by atoms with E-state index >= 15 is 0 Å². The SMILES string of the molecule is CCOCc1ccc(CNC(=O)CNC(=O)[C@@H](N)C(C)C)cc1. The molecule has 1 rings (SSSR count). The van der Waals surface area contributed by atoms with Gasteiger partial charge in [0.15, 0.2) is 0 Å². The number of nitrogens with two attached hydrogens (primary N) is 1. The average Bonchev–Trinajstić information content (AvgIpc) is 2.55. The van der Waals surface area contributed by atoms with Gasteiger partial charge in [-0.1, -0.05) is 38.1 Å². The molecule has 0 aromatic heterocycles. The molecule has 128 valence electrons. The summed E-state index contributed by atoms with van der Waals surface area (Å²) in [5.74, 6) is -0.517. The van der Waals surface area contributed by atoms with Gasteiger partial charge in [0.2, 0.25) is 11.8 Å². The zero-order valence-corrected chi connectivity index (χ0v) is 14.1. The third kappa shape index (κ3) is 7.25. The molecule has 6 heteroatoms. The molecule has 4 N–H and O–H groups in total. The summed E-state index contributed by atoms with van der Waals surface area (Å²) in [4.78, 5) is 23.4. The topological polar surface area (TPSA) is 93.5 Å². The molecule has 0 aliphatic carbocycles. The van der Waals surface area contributed by atoms with Crippen LogP contribution in [0.5, 0.6) is 0 Å². The number of amides is 2. The van der Waals surface area contributed by atoms with Crippen molar-refractivity contribution >= 4 is 11.8 Å². The van der Waals surface area contributed by atoms with Crippen LogP contribution in [-0.2, 0) is 27.5 Å². The molecule has 0 aliphatic heterocycles. The minimum Gasteiger partial charge on any atom is -0.377 e. The summed E-state index contributed by atoms with van der Waals surface area (Å²) in [5, 5.41) is 5.30. The fraction of sp³-hybridized carbons (Fsp3) is 0.529. The maximum atomic E-state index is 11.7. The molecule has 0 heterocycles. The summed E-state index contributed by atoms with van der Waals surface area (Å²) in [6, 6.07) is 7.24. The lowest BCUT2D eigenvalue weighted by atomic mass is 10.1. The maximum Gasteiger partial charge on any atom is 0.239 e. The maximum absolute atomic E-state index is 11.7. The lowest BCUT2D eigenvalue weighted by Crippen LogP contribution is -2.47. The molecule has 0 radical (unpaired) electrons. The molecule has 6 nitrogen and oxygen atoms in total. The summed E-state index contributed by atoms with van der Waals surface area (Å²) in [6.07, 6.45) is 0. The highest BCUT2D eigenvalue weighted by Crippen LogP contribution is 2.05. The summed E-state index contributed by atoms with van der Waals surface area (Å²) in [5.41, 5.74) is 7.79. The molecule has 1 atom stereocenters. The van der Waals surface area contributed by atoms with E-state index in [1.807, 2.05) is 45.0 Å². The normalized spacial score (nSPS) is 12.0. The van der Waals surface area contributed by atoms with E-state index in [9.17, 15) is 9.59 Å². The predicted molar refractivity (Wildman–Crippen MR) is 89.4 cm³/mol. The monoisotopic (exact) mass is 321 g/mol. The first-order valence-electron chi connectivity index (χ1n) is 7.89. The van der Waals surface area contributed by atoms with Gasteiger partial charge in [0.25, 0.3) is 0 Å². The Morgan fingerprint density at radius 1 is 1.13 bits per heavy atom. The van der Waals surface area contributed by atoms with Crippen molar-refractivity contribution in [2.24, 2.45) is 11.7 Å². The highest BCUT2D eigenvalue weighted by atomic mass is 16.5. The van der Waals surface area contributed by atoms with E-state index in [-0.39, 0.29) is 24.3 Å². The molecule has 1 aromatic carbocycles. The van der Waals surface area contributed by atoms with Gasteiger partial charge in [-0.15, -0.1) is 0 Å². The van der Waals surface area contributed by atoms with E-state index in [2.05, 4.69) is 10.6 Å². The van der Waals surface area contributed by atoms with Gasteiger partial charge in [-0.3, -0.25) is 9.59 Å². The minimum atomic E-state index is -0.597. The quantitative estimate of drug-likeness (QED) is 0.631. The van der Waals surface area contributed by atoms with Gasteiger partial charge in [0.05, 0.1) is 19.2 Å². The number of nitrogens with one attached hydrogen (secondary N) is 2. The number of hydrogen-bond acceptors (Lipinski definition) is 4. The second-order valence-electron chi connectivity index (χ2n) is 5.72. The third-order valence-electron chi connectivity index (χ3n) is 3.43. The smallest absolute Gasteiger partial charge is 0.239 e. The molecular formula is C17H27N3O3. The van der Waals surface area contributed by atoms with Crippen LogP contribution in [0.2, 0.25) is 0 Å². The molecule has 0 saturated heterocycles. The van der Waals surface area contributed by atoms with Crippen molar-refractivity contribution in [3.05, 3.63) is 35.4 Å². The van der Waals surface area contributed by atoms with E-state index in [4.69, 9.17) is 10.5 Å². The Morgan fingerprint density at radius 2 is 1.74 bits per heavy atom. The van der Waals surface area contributed by atoms with Crippen molar-refractivity contribution < 1.29 is 14.3 Å². The summed E-state index contributed by atoms with van der Waals surface area (Å²) < 4.78 is 5.33. The van der Waals surface area contributed by atoms with Gasteiger partial charge in [-0.05, 0) is 24.0 Å². The lowest BCUT2D eigenvalue weighted by molar-refractivity contribution is -0.127. The first-order chi connectivity index (χ1) is 10.9. The van der Waals surface area contributed by atoms with Crippen molar-refractivity contribution in [2.75, 3.05) is 13.2 Å². The second kappa shape index (κ2) is 9.97. The molecule has 2 amide bonds. The van der Waals surface area contributed by atoms with Crippen LogP contribution in [0.3, 0.4) is 0 Å². The number of benzene rings is 1. The van der Waals surface area contributed by atoms with Crippen molar-refractivity contribution in [3.63, 3.8) is 0 Å². The van der Waals surface area contributed by atoms with Gasteiger partial charge in [0, 0.05) is 13.2 Å². The second-order valence-corrected chi connectivity index (χ2v) is 5.72. The first kappa shape index (κ1) is 19.1. The molecule has 0 aliphatic rings. The lowest BCUT2D eigenvalue weighted by Gasteiger charge is -2.15. The molecule has 23 heavy (non-hydrogen) atoms. The molecule has 0 fully saturated rings. The Labute approximate surface area is 137 Å². The van der Waals surface area contributed by atoms with Crippen LogP contribution in [0.1, 0.15) is 31.9 Å². The Hall–Kier alpha value is -1.92. The van der Waals surface area contributed by atoms with Gasteiger partial charge in [-0.25, -0.2) is 0 Å².